The van der Waals surface area contributed by atoms with Crippen LogP contribution in [0.4, 0.5) is 13.2 Å². The molecule has 94 valence electrons. The van der Waals surface area contributed by atoms with Crippen LogP contribution in [-0.2, 0) is 4.74 Å². The number of ether oxygens (including phenoxy) is 1. The highest BCUT2D eigenvalue weighted by Crippen LogP contribution is 2.14. The molecule has 3 N–H and O–H groups in total. The van der Waals surface area contributed by atoms with Crippen LogP contribution in [0.1, 0.15) is 6.42 Å². The number of aliphatic imine (C=N–C) groups is 1. The van der Waals surface area contributed by atoms with Gasteiger partial charge in [-0.1, -0.05) is 6.08 Å². The van der Waals surface area contributed by atoms with Gasteiger partial charge in [0.25, 0.3) is 0 Å². The van der Waals surface area contributed by atoms with Crippen LogP contribution >= 0.6 is 0 Å². The Morgan fingerprint density at radius 1 is 1.50 bits per heavy atom. The van der Waals surface area contributed by atoms with Gasteiger partial charge in [0.05, 0.1) is 0 Å². The van der Waals surface area contributed by atoms with Crippen LogP contribution < -0.4 is 11.1 Å². The molecule has 0 saturated carbocycles. The molecule has 0 saturated heterocycles. The van der Waals surface area contributed by atoms with Gasteiger partial charge in [-0.25, -0.2) is 0 Å². The molecule has 0 aliphatic carbocycles. The molecule has 0 heterocycles. The Bertz CT molecular complexity index is 229. The fourth-order valence-corrected chi connectivity index (χ4v) is 0.787. The fourth-order valence-electron chi connectivity index (χ4n) is 0.787. The van der Waals surface area contributed by atoms with Crippen molar-refractivity contribution >= 4 is 5.96 Å². The van der Waals surface area contributed by atoms with Crippen LogP contribution in [0.15, 0.2) is 17.6 Å². The lowest BCUT2D eigenvalue weighted by Gasteiger charge is -2.06. The fraction of sp³-hybridized carbons (Fsp3) is 0.667. The lowest BCUT2D eigenvalue weighted by molar-refractivity contribution is -0.173. The van der Waals surface area contributed by atoms with Crippen molar-refractivity contribution in [2.45, 2.75) is 12.6 Å². The SMILES string of the molecule is C=CCNC(N)=NCCCOCC(F)(F)F. The monoisotopic (exact) mass is 239 g/mol. The van der Waals surface area contributed by atoms with Crippen LogP contribution in [0.3, 0.4) is 0 Å². The molecule has 0 unspecified atom stereocenters. The van der Waals surface area contributed by atoms with Gasteiger partial charge in [0.15, 0.2) is 5.96 Å². The van der Waals surface area contributed by atoms with Gasteiger partial charge >= 0.3 is 6.18 Å². The third kappa shape index (κ3) is 10.8. The third-order valence-electron chi connectivity index (χ3n) is 1.42. The highest BCUT2D eigenvalue weighted by molar-refractivity contribution is 5.77. The van der Waals surface area contributed by atoms with E-state index in [2.05, 4.69) is 21.6 Å². The van der Waals surface area contributed by atoms with E-state index in [9.17, 15) is 13.2 Å². The van der Waals surface area contributed by atoms with Gasteiger partial charge < -0.3 is 15.8 Å². The van der Waals surface area contributed by atoms with Gasteiger partial charge in [-0.05, 0) is 6.42 Å². The van der Waals surface area contributed by atoms with Crippen LogP contribution in [-0.4, -0.2) is 38.4 Å². The Labute approximate surface area is 92.4 Å². The first-order valence-electron chi connectivity index (χ1n) is 4.75. The number of halogens is 3. The topological polar surface area (TPSA) is 59.6 Å². The summed E-state index contributed by atoms with van der Waals surface area (Å²) in [5.74, 6) is 0.246. The molecule has 0 aliphatic heterocycles. The van der Waals surface area contributed by atoms with Crippen molar-refractivity contribution in [2.75, 3.05) is 26.3 Å². The summed E-state index contributed by atoms with van der Waals surface area (Å²) in [4.78, 5) is 3.87. The van der Waals surface area contributed by atoms with Crippen LogP contribution in [0.2, 0.25) is 0 Å². The van der Waals surface area contributed by atoms with Crippen molar-refractivity contribution in [2.24, 2.45) is 10.7 Å². The number of rotatable bonds is 7. The lowest BCUT2D eigenvalue weighted by Crippen LogP contribution is -2.31. The van der Waals surface area contributed by atoms with Gasteiger partial charge in [0, 0.05) is 19.7 Å². The minimum Gasteiger partial charge on any atom is -0.372 e. The summed E-state index contributed by atoms with van der Waals surface area (Å²) in [6.07, 6.45) is -2.25. The second-order valence-electron chi connectivity index (χ2n) is 2.96. The first kappa shape index (κ1) is 14.8. The van der Waals surface area contributed by atoms with Crippen molar-refractivity contribution in [3.63, 3.8) is 0 Å². The predicted octanol–water partition coefficient (Wildman–Crippen LogP) is 1.05. The smallest absolute Gasteiger partial charge is 0.372 e. The summed E-state index contributed by atoms with van der Waals surface area (Å²) in [6.45, 7) is 3.09. The van der Waals surface area contributed by atoms with Gasteiger partial charge in [0.2, 0.25) is 0 Å². The molecule has 0 atom stereocenters. The molecule has 0 aromatic heterocycles. The van der Waals surface area contributed by atoms with E-state index in [0.29, 0.717) is 19.5 Å². The first-order chi connectivity index (χ1) is 7.45. The highest BCUT2D eigenvalue weighted by atomic mass is 19.4. The largest absolute Gasteiger partial charge is 0.411 e. The van der Waals surface area contributed by atoms with E-state index in [-0.39, 0.29) is 12.6 Å². The molecule has 0 aromatic carbocycles. The summed E-state index contributed by atoms with van der Waals surface area (Å²) in [5, 5.41) is 2.74. The Kier molecular flexibility index (Phi) is 7.36. The second kappa shape index (κ2) is 7.98. The van der Waals surface area contributed by atoms with E-state index in [1.54, 1.807) is 6.08 Å². The number of guanidine groups is 1. The maximum absolute atomic E-state index is 11.6. The molecule has 0 aliphatic rings. The molecule has 0 radical (unpaired) electrons. The van der Waals surface area contributed by atoms with Crippen molar-refractivity contribution in [3.05, 3.63) is 12.7 Å². The molecule has 4 nitrogen and oxygen atoms in total. The molecule has 0 aromatic rings. The Morgan fingerprint density at radius 3 is 2.75 bits per heavy atom. The van der Waals surface area contributed by atoms with Gasteiger partial charge in [-0.3, -0.25) is 4.99 Å². The van der Waals surface area contributed by atoms with E-state index in [1.807, 2.05) is 0 Å². The molecule has 0 fully saturated rings. The maximum atomic E-state index is 11.6. The Balaban J connectivity index is 3.42. The van der Waals surface area contributed by atoms with E-state index >= 15 is 0 Å². The summed E-state index contributed by atoms with van der Waals surface area (Å²) >= 11 is 0. The van der Waals surface area contributed by atoms with E-state index in [1.165, 1.54) is 0 Å². The first-order valence-corrected chi connectivity index (χ1v) is 4.75. The molecular weight excluding hydrogens is 223 g/mol. The lowest BCUT2D eigenvalue weighted by atomic mass is 10.4. The molecule has 0 amide bonds. The quantitative estimate of drug-likeness (QED) is 0.302. The van der Waals surface area contributed by atoms with Crippen LogP contribution in [0.5, 0.6) is 0 Å². The second-order valence-corrected chi connectivity index (χ2v) is 2.96. The van der Waals surface area contributed by atoms with E-state index in [4.69, 9.17) is 5.73 Å². The number of nitrogens with zero attached hydrogens (tertiary/aromatic N) is 1. The predicted molar refractivity (Wildman–Crippen MR) is 56.2 cm³/mol. The summed E-state index contributed by atoms with van der Waals surface area (Å²) < 4.78 is 39.3. The zero-order valence-electron chi connectivity index (χ0n) is 8.89. The zero-order valence-corrected chi connectivity index (χ0v) is 8.89. The maximum Gasteiger partial charge on any atom is 0.411 e. The summed E-state index contributed by atoms with van der Waals surface area (Å²) in [5.41, 5.74) is 5.41. The molecule has 16 heavy (non-hydrogen) atoms. The van der Waals surface area contributed by atoms with Crippen molar-refractivity contribution < 1.29 is 17.9 Å². The van der Waals surface area contributed by atoms with E-state index < -0.39 is 12.8 Å². The average molecular weight is 239 g/mol. The molecule has 7 heteroatoms. The average Bonchev–Trinajstić information content (AvgIpc) is 2.18. The van der Waals surface area contributed by atoms with Gasteiger partial charge in [-0.15, -0.1) is 6.58 Å². The van der Waals surface area contributed by atoms with Crippen molar-refractivity contribution in [1.29, 1.82) is 0 Å². The summed E-state index contributed by atoms with van der Waals surface area (Å²) in [6, 6.07) is 0. The van der Waals surface area contributed by atoms with Gasteiger partial charge in [0.1, 0.15) is 6.61 Å². The Hall–Kier alpha value is -1.24. The molecule has 0 rings (SSSR count). The number of hydrogen-bond acceptors (Lipinski definition) is 2. The number of nitrogens with two attached hydrogens (primary N) is 1. The summed E-state index contributed by atoms with van der Waals surface area (Å²) in [7, 11) is 0. The number of alkyl halides is 3. The third-order valence-corrected chi connectivity index (χ3v) is 1.42. The Morgan fingerprint density at radius 2 is 2.19 bits per heavy atom. The van der Waals surface area contributed by atoms with Crippen LogP contribution in [0.25, 0.3) is 0 Å². The van der Waals surface area contributed by atoms with E-state index in [0.717, 1.165) is 0 Å². The highest BCUT2D eigenvalue weighted by Gasteiger charge is 2.27. The minimum absolute atomic E-state index is 0.0117. The van der Waals surface area contributed by atoms with Gasteiger partial charge in [-0.2, -0.15) is 13.2 Å². The zero-order chi connectivity index (χ0) is 12.4. The molecular formula is C9H16F3N3O. The minimum atomic E-state index is -4.27. The van der Waals surface area contributed by atoms with Crippen molar-refractivity contribution in [3.8, 4) is 0 Å². The molecule has 0 spiro atoms. The standard InChI is InChI=1S/C9H16F3N3O/c1-2-4-14-8(13)15-5-3-6-16-7-9(10,11)12/h2H,1,3-7H2,(H3,13,14,15). The van der Waals surface area contributed by atoms with Crippen molar-refractivity contribution in [1.82, 2.24) is 5.32 Å². The normalized spacial score (nSPS) is 12.6. The number of hydrogen-bond donors (Lipinski definition) is 2. The molecule has 0 bridgehead atoms. The van der Waals surface area contributed by atoms with Crippen LogP contribution in [0, 0.1) is 0 Å². The number of nitrogens with one attached hydrogen (secondary N) is 1.